The van der Waals surface area contributed by atoms with Crippen LogP contribution in [-0.2, 0) is 14.3 Å². The molecule has 0 saturated heterocycles. The summed E-state index contributed by atoms with van der Waals surface area (Å²) in [5.41, 5.74) is 3.98. The first-order valence-corrected chi connectivity index (χ1v) is 6.78. The fraction of sp³-hybridized carbons (Fsp3) is 0.769. The molecule has 0 aromatic heterocycles. The van der Waals surface area contributed by atoms with Crippen LogP contribution in [0.4, 0.5) is 9.59 Å². The van der Waals surface area contributed by atoms with Crippen molar-refractivity contribution in [1.82, 2.24) is 10.6 Å². The van der Waals surface area contributed by atoms with Crippen molar-refractivity contribution in [3.63, 3.8) is 0 Å². The number of amides is 2. The van der Waals surface area contributed by atoms with Crippen molar-refractivity contribution in [1.29, 1.82) is 0 Å². The van der Waals surface area contributed by atoms with E-state index in [-0.39, 0.29) is 5.96 Å². The summed E-state index contributed by atoms with van der Waals surface area (Å²) < 4.78 is 10.1. The molecular weight excluding hydrogens is 292 g/mol. The van der Waals surface area contributed by atoms with E-state index in [1.807, 2.05) is 0 Å². The van der Waals surface area contributed by atoms with Crippen LogP contribution in [0.2, 0.25) is 0 Å². The van der Waals surface area contributed by atoms with E-state index in [4.69, 9.17) is 20.0 Å². The van der Waals surface area contributed by atoms with Crippen LogP contribution in [0.3, 0.4) is 0 Å². The van der Waals surface area contributed by atoms with E-state index in [1.165, 1.54) is 6.92 Å². The molecule has 0 saturated carbocycles. The molecule has 0 aliphatic heterocycles. The molecule has 0 rings (SSSR count). The molecule has 0 bridgehead atoms. The first-order chi connectivity index (χ1) is 9.78. The second-order valence-electron chi connectivity index (χ2n) is 6.50. The van der Waals surface area contributed by atoms with Crippen molar-refractivity contribution in [2.24, 2.45) is 10.9 Å². The van der Waals surface area contributed by atoms with Crippen molar-refractivity contribution >= 4 is 18.1 Å². The lowest BCUT2D eigenvalue weighted by Gasteiger charge is -2.22. The SMILES string of the molecule is CC(N)ON=C(NC(=O)OC(C)(C)C)NC(=O)OC(C)(C)C. The minimum atomic E-state index is -0.810. The fourth-order valence-corrected chi connectivity index (χ4v) is 1.01. The topological polar surface area (TPSA) is 124 Å². The number of carbonyl (C=O) groups is 2. The number of guanidine groups is 1. The maximum Gasteiger partial charge on any atom is 0.414 e. The number of hydrogen-bond acceptors (Lipinski definition) is 7. The Balaban J connectivity index is 4.81. The molecule has 0 heterocycles. The molecule has 128 valence electrons. The zero-order chi connectivity index (χ0) is 17.6. The molecule has 0 fully saturated rings. The predicted octanol–water partition coefficient (Wildman–Crippen LogP) is 1.63. The Labute approximate surface area is 130 Å². The van der Waals surface area contributed by atoms with Gasteiger partial charge in [-0.05, 0) is 53.6 Å². The van der Waals surface area contributed by atoms with E-state index in [0.717, 1.165) is 0 Å². The number of carbonyl (C=O) groups excluding carboxylic acids is 2. The number of rotatable bonds is 2. The lowest BCUT2D eigenvalue weighted by Crippen LogP contribution is -2.47. The summed E-state index contributed by atoms with van der Waals surface area (Å²) in [6, 6.07) is 0. The second kappa shape index (κ2) is 7.83. The van der Waals surface area contributed by atoms with Gasteiger partial charge >= 0.3 is 12.2 Å². The molecule has 22 heavy (non-hydrogen) atoms. The number of alkyl carbamates (subject to hydrolysis) is 2. The van der Waals surface area contributed by atoms with Gasteiger partial charge in [0.25, 0.3) is 5.96 Å². The summed E-state index contributed by atoms with van der Waals surface area (Å²) in [4.78, 5) is 28.2. The molecule has 4 N–H and O–H groups in total. The van der Waals surface area contributed by atoms with Crippen LogP contribution in [-0.4, -0.2) is 35.6 Å². The highest BCUT2D eigenvalue weighted by Crippen LogP contribution is 2.07. The van der Waals surface area contributed by atoms with Gasteiger partial charge in [0.2, 0.25) is 0 Å². The van der Waals surface area contributed by atoms with E-state index in [1.54, 1.807) is 41.5 Å². The van der Waals surface area contributed by atoms with E-state index in [0.29, 0.717) is 0 Å². The van der Waals surface area contributed by atoms with Crippen LogP contribution < -0.4 is 16.4 Å². The fourth-order valence-electron chi connectivity index (χ4n) is 1.01. The van der Waals surface area contributed by atoms with Gasteiger partial charge in [0.15, 0.2) is 6.23 Å². The molecule has 0 radical (unpaired) electrons. The summed E-state index contributed by atoms with van der Waals surface area (Å²) in [7, 11) is 0. The van der Waals surface area contributed by atoms with Crippen molar-refractivity contribution in [2.75, 3.05) is 0 Å². The van der Waals surface area contributed by atoms with Gasteiger partial charge in [-0.1, -0.05) is 0 Å². The molecule has 0 aromatic carbocycles. The number of nitrogens with one attached hydrogen (secondary N) is 2. The Bertz CT molecular complexity index is 389. The number of nitrogens with zero attached hydrogens (tertiary/aromatic N) is 1. The monoisotopic (exact) mass is 318 g/mol. The molecule has 1 atom stereocenters. The Morgan fingerprint density at radius 3 is 1.59 bits per heavy atom. The molecule has 0 aliphatic rings. The summed E-state index contributed by atoms with van der Waals surface area (Å²) in [5, 5.41) is 8.01. The predicted molar refractivity (Wildman–Crippen MR) is 80.9 cm³/mol. The standard InChI is InChI=1S/C13H26N4O5/c1-8(14)22-17-9(15-10(18)20-12(2,3)4)16-11(19)21-13(5,6)7/h8H,14H2,1-7H3,(H2,15,16,17,18,19). The molecule has 0 aromatic rings. The third-order valence-electron chi connectivity index (χ3n) is 1.55. The van der Waals surface area contributed by atoms with Gasteiger partial charge in [0, 0.05) is 0 Å². The number of hydrogen-bond donors (Lipinski definition) is 3. The summed E-state index contributed by atoms with van der Waals surface area (Å²) >= 11 is 0. The van der Waals surface area contributed by atoms with Crippen LogP contribution in [0.15, 0.2) is 5.16 Å². The Kier molecular flexibility index (Phi) is 7.11. The first kappa shape index (κ1) is 20.0. The summed E-state index contributed by atoms with van der Waals surface area (Å²) in [6.07, 6.45) is -2.35. The molecule has 2 amide bonds. The highest BCUT2D eigenvalue weighted by molar-refractivity contribution is 6.01. The molecule has 0 aliphatic carbocycles. The molecule has 0 spiro atoms. The largest absolute Gasteiger partial charge is 0.444 e. The van der Waals surface area contributed by atoms with Crippen molar-refractivity contribution in [3.05, 3.63) is 0 Å². The Morgan fingerprint density at radius 2 is 1.32 bits per heavy atom. The highest BCUT2D eigenvalue weighted by atomic mass is 16.6. The van der Waals surface area contributed by atoms with Gasteiger partial charge in [0.05, 0.1) is 0 Å². The number of oxime groups is 1. The van der Waals surface area contributed by atoms with Gasteiger partial charge in [-0.25, -0.2) is 9.59 Å². The van der Waals surface area contributed by atoms with Crippen LogP contribution in [0, 0.1) is 0 Å². The van der Waals surface area contributed by atoms with Crippen LogP contribution in [0.5, 0.6) is 0 Å². The lowest BCUT2D eigenvalue weighted by atomic mass is 10.2. The van der Waals surface area contributed by atoms with E-state index < -0.39 is 29.6 Å². The third-order valence-corrected chi connectivity index (χ3v) is 1.55. The first-order valence-electron chi connectivity index (χ1n) is 6.78. The quantitative estimate of drug-likeness (QED) is 0.307. The smallest absolute Gasteiger partial charge is 0.414 e. The average molecular weight is 318 g/mol. The minimum absolute atomic E-state index is 0.291. The van der Waals surface area contributed by atoms with E-state index >= 15 is 0 Å². The van der Waals surface area contributed by atoms with Gasteiger partial charge < -0.3 is 14.3 Å². The van der Waals surface area contributed by atoms with Crippen LogP contribution in [0.1, 0.15) is 48.5 Å². The molecule has 9 heteroatoms. The second-order valence-corrected chi connectivity index (χ2v) is 6.50. The van der Waals surface area contributed by atoms with Crippen molar-refractivity contribution in [3.8, 4) is 0 Å². The van der Waals surface area contributed by atoms with Gasteiger partial charge in [0.1, 0.15) is 11.2 Å². The maximum atomic E-state index is 11.7. The number of nitrogens with two attached hydrogens (primary N) is 1. The number of ether oxygens (including phenoxy) is 2. The Hall–Kier alpha value is -2.03. The summed E-state index contributed by atoms with van der Waals surface area (Å²) in [5.74, 6) is -0.291. The van der Waals surface area contributed by atoms with Gasteiger partial charge in [-0.3, -0.25) is 16.4 Å². The third kappa shape index (κ3) is 11.8. The molecule has 9 nitrogen and oxygen atoms in total. The lowest BCUT2D eigenvalue weighted by molar-refractivity contribution is 0.0509. The van der Waals surface area contributed by atoms with Crippen molar-refractivity contribution < 1.29 is 23.9 Å². The maximum absolute atomic E-state index is 11.7. The van der Waals surface area contributed by atoms with E-state index in [9.17, 15) is 9.59 Å². The van der Waals surface area contributed by atoms with Gasteiger partial charge in [-0.15, -0.1) is 0 Å². The zero-order valence-electron chi connectivity index (χ0n) is 14.1. The van der Waals surface area contributed by atoms with Crippen LogP contribution >= 0.6 is 0 Å². The van der Waals surface area contributed by atoms with Crippen molar-refractivity contribution in [2.45, 2.75) is 65.9 Å². The normalized spacial score (nSPS) is 12.7. The summed E-state index contributed by atoms with van der Waals surface area (Å²) in [6.45, 7) is 11.7. The Morgan fingerprint density at radius 1 is 0.955 bits per heavy atom. The minimum Gasteiger partial charge on any atom is -0.444 e. The molecular formula is C13H26N4O5. The van der Waals surface area contributed by atoms with E-state index in [2.05, 4.69) is 15.8 Å². The zero-order valence-corrected chi connectivity index (χ0v) is 14.1. The van der Waals surface area contributed by atoms with Gasteiger partial charge in [-0.2, -0.15) is 0 Å². The average Bonchev–Trinajstić information content (AvgIpc) is 2.19. The highest BCUT2D eigenvalue weighted by Gasteiger charge is 2.21. The van der Waals surface area contributed by atoms with Crippen LogP contribution in [0.25, 0.3) is 0 Å². The molecule has 1 unspecified atom stereocenters.